The standard InChI is InChI=1S/C14H10BrN3O2/c15-12-5-10(6-13(7-12)18(19)20)9-17-14-4-2-1-3-11(14)8-16/h1-7,17H,9H2. The highest BCUT2D eigenvalue weighted by Crippen LogP contribution is 2.22. The third-order valence-electron chi connectivity index (χ3n) is 2.68. The van der Waals surface area contributed by atoms with Crippen LogP contribution in [0.1, 0.15) is 11.1 Å². The first-order valence-corrected chi connectivity index (χ1v) is 6.56. The van der Waals surface area contributed by atoms with Crippen LogP contribution in [-0.2, 0) is 6.54 Å². The fourth-order valence-corrected chi connectivity index (χ4v) is 2.30. The highest BCUT2D eigenvalue weighted by atomic mass is 79.9. The molecule has 0 saturated heterocycles. The number of rotatable bonds is 4. The molecule has 2 rings (SSSR count). The number of hydrogen-bond donors (Lipinski definition) is 1. The Bertz CT molecular complexity index is 695. The van der Waals surface area contributed by atoms with Crippen molar-refractivity contribution in [1.29, 1.82) is 5.26 Å². The molecule has 0 saturated carbocycles. The van der Waals surface area contributed by atoms with Crippen LogP contribution < -0.4 is 5.32 Å². The highest BCUT2D eigenvalue weighted by Gasteiger charge is 2.09. The Balaban J connectivity index is 2.19. The summed E-state index contributed by atoms with van der Waals surface area (Å²) in [7, 11) is 0. The zero-order valence-electron chi connectivity index (χ0n) is 10.3. The number of nitrogens with one attached hydrogen (secondary N) is 1. The van der Waals surface area contributed by atoms with Gasteiger partial charge in [0.25, 0.3) is 5.69 Å². The van der Waals surface area contributed by atoms with E-state index in [-0.39, 0.29) is 5.69 Å². The van der Waals surface area contributed by atoms with E-state index in [1.807, 2.05) is 6.07 Å². The maximum absolute atomic E-state index is 10.8. The Labute approximate surface area is 124 Å². The minimum Gasteiger partial charge on any atom is -0.380 e. The summed E-state index contributed by atoms with van der Waals surface area (Å²) in [4.78, 5) is 10.4. The minimum absolute atomic E-state index is 0.0322. The molecule has 0 fully saturated rings. The zero-order chi connectivity index (χ0) is 14.5. The van der Waals surface area contributed by atoms with Crippen LogP contribution in [-0.4, -0.2) is 4.92 Å². The number of anilines is 1. The first kappa shape index (κ1) is 14.0. The zero-order valence-corrected chi connectivity index (χ0v) is 11.9. The minimum atomic E-state index is -0.433. The topological polar surface area (TPSA) is 79.0 Å². The van der Waals surface area contributed by atoms with Gasteiger partial charge in [-0.25, -0.2) is 0 Å². The molecule has 0 heterocycles. The third kappa shape index (κ3) is 3.33. The van der Waals surface area contributed by atoms with Crippen molar-refractivity contribution in [2.45, 2.75) is 6.54 Å². The van der Waals surface area contributed by atoms with Gasteiger partial charge in [0.05, 0.1) is 16.2 Å². The molecule has 2 aromatic rings. The third-order valence-corrected chi connectivity index (χ3v) is 3.14. The van der Waals surface area contributed by atoms with Crippen molar-refractivity contribution in [3.63, 3.8) is 0 Å². The van der Waals surface area contributed by atoms with E-state index < -0.39 is 4.92 Å². The highest BCUT2D eigenvalue weighted by molar-refractivity contribution is 9.10. The second kappa shape index (κ2) is 6.17. The molecule has 0 aliphatic rings. The SMILES string of the molecule is N#Cc1ccccc1NCc1cc(Br)cc([N+](=O)[O-])c1. The van der Waals surface area contributed by atoms with Gasteiger partial charge in [-0.1, -0.05) is 28.1 Å². The van der Waals surface area contributed by atoms with Crippen molar-refractivity contribution in [2.24, 2.45) is 0 Å². The summed E-state index contributed by atoms with van der Waals surface area (Å²) in [5.74, 6) is 0. The van der Waals surface area contributed by atoms with Gasteiger partial charge >= 0.3 is 0 Å². The average Bonchev–Trinajstić information content (AvgIpc) is 2.44. The molecule has 0 bridgehead atoms. The number of para-hydroxylation sites is 1. The smallest absolute Gasteiger partial charge is 0.270 e. The van der Waals surface area contributed by atoms with Crippen LogP contribution in [0.15, 0.2) is 46.9 Å². The van der Waals surface area contributed by atoms with E-state index in [0.717, 1.165) is 5.56 Å². The molecule has 100 valence electrons. The van der Waals surface area contributed by atoms with Gasteiger partial charge in [-0.15, -0.1) is 0 Å². The molecule has 0 spiro atoms. The summed E-state index contributed by atoms with van der Waals surface area (Å²) in [6.45, 7) is 0.402. The van der Waals surface area contributed by atoms with Gasteiger partial charge in [-0.3, -0.25) is 10.1 Å². The maximum atomic E-state index is 10.8. The van der Waals surface area contributed by atoms with Crippen molar-refractivity contribution < 1.29 is 4.92 Å². The largest absolute Gasteiger partial charge is 0.380 e. The lowest BCUT2D eigenvalue weighted by Gasteiger charge is -2.08. The molecular formula is C14H10BrN3O2. The van der Waals surface area contributed by atoms with Gasteiger partial charge in [0.1, 0.15) is 6.07 Å². The van der Waals surface area contributed by atoms with Gasteiger partial charge in [0.15, 0.2) is 0 Å². The molecule has 0 aliphatic heterocycles. The summed E-state index contributed by atoms with van der Waals surface area (Å²) in [5, 5.41) is 22.9. The van der Waals surface area contributed by atoms with Crippen molar-refractivity contribution >= 4 is 27.3 Å². The van der Waals surface area contributed by atoms with Gasteiger partial charge < -0.3 is 5.32 Å². The molecule has 0 amide bonds. The van der Waals surface area contributed by atoms with E-state index >= 15 is 0 Å². The Morgan fingerprint density at radius 1 is 1.30 bits per heavy atom. The van der Waals surface area contributed by atoms with E-state index in [0.29, 0.717) is 22.3 Å². The normalized spacial score (nSPS) is 9.80. The number of nitrogens with zero attached hydrogens (tertiary/aromatic N) is 2. The molecule has 0 aliphatic carbocycles. The first-order valence-electron chi connectivity index (χ1n) is 5.77. The van der Waals surface area contributed by atoms with Crippen LogP contribution in [0.5, 0.6) is 0 Å². The molecule has 2 aromatic carbocycles. The lowest BCUT2D eigenvalue weighted by atomic mass is 10.1. The van der Waals surface area contributed by atoms with Crippen LogP contribution in [0.25, 0.3) is 0 Å². The number of nitro groups is 1. The summed E-state index contributed by atoms with van der Waals surface area (Å²) in [6, 6.07) is 14.0. The van der Waals surface area contributed by atoms with Crippen LogP contribution in [0.2, 0.25) is 0 Å². The van der Waals surface area contributed by atoms with Crippen LogP contribution in [0, 0.1) is 21.4 Å². The Morgan fingerprint density at radius 2 is 2.05 bits per heavy atom. The van der Waals surface area contributed by atoms with E-state index in [4.69, 9.17) is 5.26 Å². The monoisotopic (exact) mass is 331 g/mol. The molecule has 0 unspecified atom stereocenters. The van der Waals surface area contributed by atoms with Gasteiger partial charge in [-0.05, 0) is 23.8 Å². The predicted molar refractivity (Wildman–Crippen MR) is 79.3 cm³/mol. The molecule has 0 atom stereocenters. The molecule has 6 heteroatoms. The number of halogens is 1. The van der Waals surface area contributed by atoms with E-state index in [2.05, 4.69) is 27.3 Å². The summed E-state index contributed by atoms with van der Waals surface area (Å²) >= 11 is 3.25. The van der Waals surface area contributed by atoms with E-state index in [1.54, 1.807) is 24.3 Å². The molecular weight excluding hydrogens is 322 g/mol. The summed E-state index contributed by atoms with van der Waals surface area (Å²) in [6.07, 6.45) is 0. The number of benzene rings is 2. The van der Waals surface area contributed by atoms with E-state index in [9.17, 15) is 10.1 Å². The number of nitriles is 1. The van der Waals surface area contributed by atoms with Crippen molar-refractivity contribution in [3.8, 4) is 6.07 Å². The second-order valence-electron chi connectivity index (χ2n) is 4.09. The lowest BCUT2D eigenvalue weighted by Crippen LogP contribution is -2.02. The quantitative estimate of drug-likeness (QED) is 0.681. The van der Waals surface area contributed by atoms with Crippen LogP contribution >= 0.6 is 15.9 Å². The fraction of sp³-hybridized carbons (Fsp3) is 0.0714. The molecule has 20 heavy (non-hydrogen) atoms. The Hall–Kier alpha value is -2.39. The summed E-state index contributed by atoms with van der Waals surface area (Å²) < 4.78 is 0.650. The van der Waals surface area contributed by atoms with Crippen molar-refractivity contribution in [1.82, 2.24) is 0 Å². The van der Waals surface area contributed by atoms with Crippen LogP contribution in [0.4, 0.5) is 11.4 Å². The molecule has 1 N–H and O–H groups in total. The Kier molecular flexibility index (Phi) is 4.33. The average molecular weight is 332 g/mol. The molecule has 0 aromatic heterocycles. The molecule has 0 radical (unpaired) electrons. The molecule has 5 nitrogen and oxygen atoms in total. The maximum Gasteiger partial charge on any atom is 0.270 e. The fourth-order valence-electron chi connectivity index (χ4n) is 1.77. The number of hydrogen-bond acceptors (Lipinski definition) is 4. The van der Waals surface area contributed by atoms with Crippen LogP contribution in [0.3, 0.4) is 0 Å². The first-order chi connectivity index (χ1) is 9.60. The van der Waals surface area contributed by atoms with Crippen molar-refractivity contribution in [3.05, 3.63) is 68.2 Å². The van der Waals surface area contributed by atoms with E-state index in [1.165, 1.54) is 12.1 Å². The lowest BCUT2D eigenvalue weighted by molar-refractivity contribution is -0.385. The second-order valence-corrected chi connectivity index (χ2v) is 5.00. The number of non-ortho nitro benzene ring substituents is 1. The Morgan fingerprint density at radius 3 is 2.75 bits per heavy atom. The van der Waals surface area contributed by atoms with Crippen molar-refractivity contribution in [2.75, 3.05) is 5.32 Å². The van der Waals surface area contributed by atoms with Gasteiger partial charge in [0.2, 0.25) is 0 Å². The number of nitro benzene ring substituents is 1. The van der Waals surface area contributed by atoms with Gasteiger partial charge in [0, 0.05) is 23.2 Å². The van der Waals surface area contributed by atoms with Gasteiger partial charge in [-0.2, -0.15) is 5.26 Å². The predicted octanol–water partition coefficient (Wildman–Crippen LogP) is 3.84. The summed E-state index contributed by atoms with van der Waals surface area (Å²) in [5.41, 5.74) is 2.04.